The zero-order valence-electron chi connectivity index (χ0n) is 18.1. The van der Waals surface area contributed by atoms with Gasteiger partial charge in [0.15, 0.2) is 5.82 Å². The van der Waals surface area contributed by atoms with Gasteiger partial charge in [0.05, 0.1) is 24.0 Å². The number of nitrogens with zero attached hydrogens (tertiary/aromatic N) is 2. The summed E-state index contributed by atoms with van der Waals surface area (Å²) in [5.41, 5.74) is 3.62. The summed E-state index contributed by atoms with van der Waals surface area (Å²) in [5, 5.41) is 3.63. The highest BCUT2D eigenvalue weighted by Gasteiger charge is 2.13. The van der Waals surface area contributed by atoms with Crippen LogP contribution in [0.3, 0.4) is 0 Å². The van der Waals surface area contributed by atoms with Crippen molar-refractivity contribution in [3.63, 3.8) is 0 Å². The maximum absolute atomic E-state index is 12.6. The van der Waals surface area contributed by atoms with Crippen molar-refractivity contribution >= 4 is 23.3 Å². The van der Waals surface area contributed by atoms with Crippen LogP contribution >= 0.6 is 11.6 Å². The van der Waals surface area contributed by atoms with Gasteiger partial charge < -0.3 is 5.32 Å². The molecule has 0 radical (unpaired) electrons. The first-order valence-corrected chi connectivity index (χ1v) is 11.5. The predicted octanol–water partition coefficient (Wildman–Crippen LogP) is 6.88. The molecule has 4 nitrogen and oxygen atoms in total. The Labute approximate surface area is 190 Å². The summed E-state index contributed by atoms with van der Waals surface area (Å²) in [4.78, 5) is 22.0. The van der Waals surface area contributed by atoms with Crippen LogP contribution in [0.15, 0.2) is 60.8 Å². The van der Waals surface area contributed by atoms with Crippen molar-refractivity contribution in [2.45, 2.75) is 58.3 Å². The van der Waals surface area contributed by atoms with Gasteiger partial charge in [-0.25, -0.2) is 9.97 Å². The molecule has 1 amide bonds. The van der Waals surface area contributed by atoms with Crippen LogP contribution in [0.5, 0.6) is 0 Å². The molecule has 31 heavy (non-hydrogen) atoms. The molecule has 0 fully saturated rings. The first-order chi connectivity index (χ1) is 15.2. The highest BCUT2D eigenvalue weighted by molar-refractivity contribution is 6.30. The highest BCUT2D eigenvalue weighted by atomic mass is 35.5. The van der Waals surface area contributed by atoms with Gasteiger partial charge in [0.2, 0.25) is 5.91 Å². The molecule has 3 aromatic rings. The molecule has 1 heterocycles. The summed E-state index contributed by atoms with van der Waals surface area (Å²) < 4.78 is 0. The first-order valence-electron chi connectivity index (χ1n) is 11.1. The van der Waals surface area contributed by atoms with E-state index in [0.717, 1.165) is 41.8 Å². The van der Waals surface area contributed by atoms with Crippen molar-refractivity contribution in [2.24, 2.45) is 0 Å². The molecule has 2 aromatic carbocycles. The number of carbonyl (C=O) groups is 1. The Balaban J connectivity index is 1.70. The smallest absolute Gasteiger partial charge is 0.229 e. The Kier molecular flexibility index (Phi) is 9.04. The van der Waals surface area contributed by atoms with E-state index in [9.17, 15) is 4.79 Å². The van der Waals surface area contributed by atoms with Crippen molar-refractivity contribution in [1.82, 2.24) is 9.97 Å². The molecule has 0 atom stereocenters. The molecule has 0 unspecified atom stereocenters. The van der Waals surface area contributed by atoms with Crippen molar-refractivity contribution in [2.75, 3.05) is 5.32 Å². The monoisotopic (exact) mass is 435 g/mol. The summed E-state index contributed by atoms with van der Waals surface area (Å²) in [5.74, 6) is 0.459. The number of unbranched alkanes of at least 4 members (excludes halogenated alkanes) is 5. The highest BCUT2D eigenvalue weighted by Crippen LogP contribution is 2.21. The van der Waals surface area contributed by atoms with Crippen LogP contribution in [0.4, 0.5) is 5.82 Å². The van der Waals surface area contributed by atoms with Crippen LogP contribution in [-0.4, -0.2) is 15.9 Å². The van der Waals surface area contributed by atoms with Gasteiger partial charge in [-0.15, -0.1) is 0 Å². The fraction of sp³-hybridized carbons (Fsp3) is 0.346. The third-order valence-corrected chi connectivity index (χ3v) is 5.47. The van der Waals surface area contributed by atoms with E-state index in [4.69, 9.17) is 16.6 Å². The molecule has 3 rings (SSSR count). The lowest BCUT2D eigenvalue weighted by molar-refractivity contribution is -0.115. The number of aryl methyl sites for hydroxylation is 1. The van der Waals surface area contributed by atoms with Gasteiger partial charge in [0, 0.05) is 10.6 Å². The summed E-state index contributed by atoms with van der Waals surface area (Å²) in [6.45, 7) is 2.23. The van der Waals surface area contributed by atoms with Crippen molar-refractivity contribution in [3.8, 4) is 11.3 Å². The Morgan fingerprint density at radius 2 is 1.65 bits per heavy atom. The molecule has 0 spiro atoms. The van der Waals surface area contributed by atoms with Crippen LogP contribution in [0.25, 0.3) is 11.3 Å². The van der Waals surface area contributed by atoms with Crippen molar-refractivity contribution in [1.29, 1.82) is 0 Å². The number of nitrogens with one attached hydrogen (secondary N) is 1. The van der Waals surface area contributed by atoms with Gasteiger partial charge in [-0.2, -0.15) is 0 Å². The number of anilines is 1. The van der Waals surface area contributed by atoms with E-state index in [1.54, 1.807) is 18.3 Å². The number of carbonyl (C=O) groups excluding carboxylic acids is 1. The topological polar surface area (TPSA) is 54.9 Å². The minimum Gasteiger partial charge on any atom is -0.309 e. The Bertz CT molecular complexity index is 958. The molecule has 1 aromatic heterocycles. The molecule has 1 N–H and O–H groups in total. The summed E-state index contributed by atoms with van der Waals surface area (Å²) in [7, 11) is 0. The lowest BCUT2D eigenvalue weighted by atomic mass is 10.1. The molecular formula is C26H30ClN3O. The van der Waals surface area contributed by atoms with Crippen LogP contribution in [0.2, 0.25) is 5.02 Å². The van der Waals surface area contributed by atoms with E-state index in [1.807, 2.05) is 42.5 Å². The summed E-state index contributed by atoms with van der Waals surface area (Å²) >= 11 is 5.93. The van der Waals surface area contributed by atoms with Crippen LogP contribution < -0.4 is 5.32 Å². The lowest BCUT2D eigenvalue weighted by Crippen LogP contribution is -2.17. The zero-order chi connectivity index (χ0) is 21.9. The third-order valence-electron chi connectivity index (χ3n) is 5.22. The van der Waals surface area contributed by atoms with Crippen LogP contribution in [0.1, 0.15) is 56.7 Å². The number of hydrogen-bond acceptors (Lipinski definition) is 3. The molecule has 0 saturated carbocycles. The number of halogens is 1. The molecule has 0 saturated heterocycles. The molecule has 162 valence electrons. The number of aromatic nitrogens is 2. The Morgan fingerprint density at radius 1 is 0.935 bits per heavy atom. The minimum absolute atomic E-state index is 0.103. The standard InChI is InChI=1S/C26H30ClN3O/c1-2-3-4-5-6-10-13-23-26(28-19-24(29-23)21-11-8-7-9-12-21)30-25(31)18-20-14-16-22(27)17-15-20/h7-9,11-12,14-17,19H,2-6,10,13,18H2,1H3,(H,28,30,31). The van der Waals surface area contributed by atoms with E-state index >= 15 is 0 Å². The second-order valence-electron chi connectivity index (χ2n) is 7.79. The van der Waals surface area contributed by atoms with E-state index < -0.39 is 0 Å². The molecule has 0 bridgehead atoms. The SMILES string of the molecule is CCCCCCCCc1nc(-c2ccccc2)cnc1NC(=O)Cc1ccc(Cl)cc1. The number of benzene rings is 2. The van der Waals surface area contributed by atoms with Gasteiger partial charge in [0.25, 0.3) is 0 Å². The van der Waals surface area contributed by atoms with E-state index in [1.165, 1.54) is 25.7 Å². The van der Waals surface area contributed by atoms with E-state index in [2.05, 4.69) is 17.2 Å². The van der Waals surface area contributed by atoms with Crippen molar-refractivity contribution in [3.05, 3.63) is 77.1 Å². The second-order valence-corrected chi connectivity index (χ2v) is 8.22. The maximum Gasteiger partial charge on any atom is 0.229 e. The molecule has 0 aliphatic carbocycles. The average Bonchev–Trinajstić information content (AvgIpc) is 2.79. The van der Waals surface area contributed by atoms with Gasteiger partial charge in [-0.3, -0.25) is 4.79 Å². The van der Waals surface area contributed by atoms with Gasteiger partial charge >= 0.3 is 0 Å². The zero-order valence-corrected chi connectivity index (χ0v) is 18.9. The van der Waals surface area contributed by atoms with Gasteiger partial charge in [-0.1, -0.05) is 93.1 Å². The quantitative estimate of drug-likeness (QED) is 0.334. The number of amides is 1. The molecule has 0 aliphatic heterocycles. The Hall–Kier alpha value is -2.72. The lowest BCUT2D eigenvalue weighted by Gasteiger charge is -2.12. The molecule has 5 heteroatoms. The summed E-state index contributed by atoms with van der Waals surface area (Å²) in [6, 6.07) is 17.3. The molecule has 0 aliphatic rings. The maximum atomic E-state index is 12.6. The second kappa shape index (κ2) is 12.2. The van der Waals surface area contributed by atoms with Crippen LogP contribution in [0, 0.1) is 0 Å². The van der Waals surface area contributed by atoms with Crippen molar-refractivity contribution < 1.29 is 4.79 Å². The normalized spacial score (nSPS) is 10.8. The predicted molar refractivity (Wildman–Crippen MR) is 128 cm³/mol. The minimum atomic E-state index is -0.103. The average molecular weight is 436 g/mol. The number of hydrogen-bond donors (Lipinski definition) is 1. The van der Waals surface area contributed by atoms with E-state index in [-0.39, 0.29) is 12.3 Å². The Morgan fingerprint density at radius 3 is 2.39 bits per heavy atom. The fourth-order valence-corrected chi connectivity index (χ4v) is 3.62. The van der Waals surface area contributed by atoms with Gasteiger partial charge in [0.1, 0.15) is 0 Å². The fourth-order valence-electron chi connectivity index (χ4n) is 3.49. The van der Waals surface area contributed by atoms with Gasteiger partial charge in [-0.05, 0) is 30.5 Å². The van der Waals surface area contributed by atoms with Crippen LogP contribution in [-0.2, 0) is 17.6 Å². The first kappa shape index (κ1) is 23.0. The molecular weight excluding hydrogens is 406 g/mol. The van der Waals surface area contributed by atoms with E-state index in [0.29, 0.717) is 10.8 Å². The number of rotatable bonds is 11. The third kappa shape index (κ3) is 7.48. The summed E-state index contributed by atoms with van der Waals surface area (Å²) in [6.07, 6.45) is 10.1. The largest absolute Gasteiger partial charge is 0.309 e.